The quantitative estimate of drug-likeness (QED) is 0.169. The maximum absolute atomic E-state index is 6.20. The Labute approximate surface area is 294 Å². The van der Waals surface area contributed by atoms with Crippen LogP contribution in [-0.4, -0.2) is 6.26 Å². The summed E-state index contributed by atoms with van der Waals surface area (Å²) < 4.78 is 6.20. The van der Waals surface area contributed by atoms with Crippen LogP contribution in [0.4, 0.5) is 17.1 Å². The maximum atomic E-state index is 6.20. The molecule has 1 heterocycles. The summed E-state index contributed by atoms with van der Waals surface area (Å²) in [6.45, 7) is 0. The summed E-state index contributed by atoms with van der Waals surface area (Å²) >= 11 is 0. The van der Waals surface area contributed by atoms with Crippen molar-refractivity contribution in [2.24, 2.45) is 0 Å². The zero-order valence-corrected chi connectivity index (χ0v) is 28.6. The van der Waals surface area contributed by atoms with E-state index >= 15 is 0 Å². The van der Waals surface area contributed by atoms with E-state index in [1.807, 2.05) is 12.1 Å². The third-order valence-electron chi connectivity index (χ3n) is 9.83. The number of fused-ring (bicyclic) bond motifs is 5. The lowest BCUT2D eigenvalue weighted by atomic mass is 9.98. The van der Waals surface area contributed by atoms with Crippen LogP contribution in [0.3, 0.4) is 0 Å². The van der Waals surface area contributed by atoms with Crippen molar-refractivity contribution in [3.8, 4) is 11.1 Å². The Morgan fingerprint density at radius 1 is 0.400 bits per heavy atom. The van der Waals surface area contributed by atoms with Crippen LogP contribution in [0.5, 0.6) is 0 Å². The van der Waals surface area contributed by atoms with Crippen LogP contribution in [-0.2, 0) is 0 Å². The molecule has 0 fully saturated rings. The fraction of sp³-hybridized carbons (Fsp3) is 0.0213. The van der Waals surface area contributed by atoms with Gasteiger partial charge in [-0.25, -0.2) is 0 Å². The molecule has 50 heavy (non-hydrogen) atoms. The second kappa shape index (κ2) is 12.5. The van der Waals surface area contributed by atoms with Gasteiger partial charge in [-0.3, -0.25) is 0 Å². The first-order chi connectivity index (χ1) is 24.7. The molecule has 3 heteroatoms. The lowest BCUT2D eigenvalue weighted by molar-refractivity contribution is 0.669. The first kappa shape index (κ1) is 30.1. The van der Waals surface area contributed by atoms with Crippen molar-refractivity contribution in [1.29, 1.82) is 0 Å². The van der Waals surface area contributed by atoms with E-state index in [0.29, 0.717) is 0 Å². The Kier molecular flexibility index (Phi) is 7.49. The highest BCUT2D eigenvalue weighted by molar-refractivity contribution is 8.33. The molecule has 0 saturated carbocycles. The SMILES string of the molecule is CS(c1ccccc1)(c1ccccc1)c1ccc(N(c2ccccc2)c2ccc(-c3ccc4ccc5oc6ccccc6c5c4c3)cc2)cc1. The topological polar surface area (TPSA) is 16.4 Å². The average Bonchev–Trinajstić information content (AvgIpc) is 3.59. The average molecular weight is 662 g/mol. The molecule has 1 aromatic heterocycles. The molecule has 0 saturated heterocycles. The number of hydrogen-bond donors (Lipinski definition) is 0. The van der Waals surface area contributed by atoms with Crippen molar-refractivity contribution < 1.29 is 4.42 Å². The molecule has 0 aliphatic heterocycles. The highest BCUT2D eigenvalue weighted by atomic mass is 32.3. The summed E-state index contributed by atoms with van der Waals surface area (Å²) in [6.07, 6.45) is 2.41. The van der Waals surface area contributed by atoms with Crippen molar-refractivity contribution in [3.05, 3.63) is 194 Å². The fourth-order valence-corrected chi connectivity index (χ4v) is 10.1. The van der Waals surface area contributed by atoms with Gasteiger partial charge in [-0.1, -0.05) is 103 Å². The van der Waals surface area contributed by atoms with Crippen molar-refractivity contribution in [1.82, 2.24) is 0 Å². The van der Waals surface area contributed by atoms with Crippen LogP contribution >= 0.6 is 10.0 Å². The highest BCUT2D eigenvalue weighted by Crippen LogP contribution is 2.65. The van der Waals surface area contributed by atoms with E-state index < -0.39 is 10.0 Å². The number of benzene rings is 8. The summed E-state index contributed by atoms with van der Waals surface area (Å²) in [6, 6.07) is 69.9. The molecule has 0 bridgehead atoms. The van der Waals surface area contributed by atoms with Gasteiger partial charge in [0.15, 0.2) is 0 Å². The minimum absolute atomic E-state index is 0.921. The second-order valence-electron chi connectivity index (χ2n) is 12.7. The van der Waals surface area contributed by atoms with Crippen molar-refractivity contribution >= 4 is 59.8 Å². The monoisotopic (exact) mass is 661 g/mol. The Balaban J connectivity index is 1.10. The van der Waals surface area contributed by atoms with Crippen LogP contribution in [0.2, 0.25) is 0 Å². The molecule has 0 aliphatic carbocycles. The lowest BCUT2D eigenvalue weighted by Gasteiger charge is -2.38. The molecule has 9 rings (SSSR count). The van der Waals surface area contributed by atoms with Gasteiger partial charge in [0.05, 0.1) is 0 Å². The molecule has 0 unspecified atom stereocenters. The summed E-state index contributed by atoms with van der Waals surface area (Å²) in [5.74, 6) is 0. The Hall–Kier alpha value is -6.03. The smallest absolute Gasteiger partial charge is 0.136 e. The van der Waals surface area contributed by atoms with E-state index in [0.717, 1.165) is 33.6 Å². The number of rotatable bonds is 7. The zero-order chi connectivity index (χ0) is 33.5. The summed E-state index contributed by atoms with van der Waals surface area (Å²) in [5.41, 5.74) is 7.55. The van der Waals surface area contributed by atoms with E-state index in [2.05, 4.69) is 193 Å². The Morgan fingerprint density at radius 3 is 1.56 bits per heavy atom. The summed E-state index contributed by atoms with van der Waals surface area (Å²) in [7, 11) is -1.45. The van der Waals surface area contributed by atoms with Gasteiger partial charge in [-0.2, -0.15) is 10.0 Å². The second-order valence-corrected chi connectivity index (χ2v) is 16.0. The molecule has 2 nitrogen and oxygen atoms in total. The van der Waals surface area contributed by atoms with Crippen molar-refractivity contribution in [2.45, 2.75) is 14.7 Å². The van der Waals surface area contributed by atoms with Crippen LogP contribution < -0.4 is 4.90 Å². The number of para-hydroxylation sites is 2. The molecule has 240 valence electrons. The molecular formula is C47H35NOS. The third-order valence-corrected chi connectivity index (χ3v) is 13.5. The third kappa shape index (κ3) is 5.15. The van der Waals surface area contributed by atoms with Gasteiger partial charge < -0.3 is 9.32 Å². The Morgan fingerprint density at radius 2 is 0.900 bits per heavy atom. The van der Waals surface area contributed by atoms with E-state index in [4.69, 9.17) is 4.42 Å². The fourth-order valence-electron chi connectivity index (χ4n) is 7.21. The van der Waals surface area contributed by atoms with Gasteiger partial charge in [-0.15, -0.1) is 0 Å². The first-order valence-electron chi connectivity index (χ1n) is 17.0. The minimum atomic E-state index is -1.45. The zero-order valence-electron chi connectivity index (χ0n) is 27.7. The predicted octanol–water partition coefficient (Wildman–Crippen LogP) is 13.8. The molecule has 0 amide bonds. The molecular weight excluding hydrogens is 627 g/mol. The number of hydrogen-bond acceptors (Lipinski definition) is 2. The van der Waals surface area contributed by atoms with Gasteiger partial charge in [0.2, 0.25) is 0 Å². The summed E-state index contributed by atoms with van der Waals surface area (Å²) in [5, 5.41) is 4.74. The van der Waals surface area contributed by atoms with Gasteiger partial charge in [0.25, 0.3) is 0 Å². The Bertz CT molecular complexity index is 2540. The molecule has 0 aliphatic rings. The standard InChI is InChI=1S/C47H35NOS/c1-50(40-15-7-3-8-16-40,41-17-9-4-10-18-41)42-30-28-39(29-31-42)48(37-13-5-2-6-14-37)38-26-23-34(24-27-38)36-22-21-35-25-32-46-47(44(35)33-36)43-19-11-12-20-45(43)49-46/h2-33H,1H3. The largest absolute Gasteiger partial charge is 0.456 e. The van der Waals surface area contributed by atoms with Gasteiger partial charge >= 0.3 is 0 Å². The molecule has 9 aromatic rings. The minimum Gasteiger partial charge on any atom is -0.456 e. The summed E-state index contributed by atoms with van der Waals surface area (Å²) in [4.78, 5) is 6.37. The molecule has 8 aromatic carbocycles. The predicted molar refractivity (Wildman–Crippen MR) is 213 cm³/mol. The highest BCUT2D eigenvalue weighted by Gasteiger charge is 2.26. The van der Waals surface area contributed by atoms with Crippen LogP contribution in [0.15, 0.2) is 213 Å². The van der Waals surface area contributed by atoms with Crippen LogP contribution in [0, 0.1) is 0 Å². The lowest BCUT2D eigenvalue weighted by Crippen LogP contribution is -2.10. The van der Waals surface area contributed by atoms with E-state index in [1.165, 1.54) is 42.0 Å². The molecule has 0 spiro atoms. The maximum Gasteiger partial charge on any atom is 0.136 e. The van der Waals surface area contributed by atoms with E-state index in [9.17, 15) is 0 Å². The molecule has 0 N–H and O–H groups in total. The van der Waals surface area contributed by atoms with E-state index in [-0.39, 0.29) is 0 Å². The van der Waals surface area contributed by atoms with Crippen LogP contribution in [0.25, 0.3) is 43.8 Å². The van der Waals surface area contributed by atoms with Gasteiger partial charge in [0, 0.05) is 27.8 Å². The molecule has 0 radical (unpaired) electrons. The van der Waals surface area contributed by atoms with Crippen LogP contribution in [0.1, 0.15) is 0 Å². The molecule has 0 atom stereocenters. The normalized spacial score (nSPS) is 12.0. The van der Waals surface area contributed by atoms with E-state index in [1.54, 1.807) is 0 Å². The van der Waals surface area contributed by atoms with Crippen molar-refractivity contribution in [2.75, 3.05) is 11.2 Å². The van der Waals surface area contributed by atoms with Crippen molar-refractivity contribution in [3.63, 3.8) is 0 Å². The van der Waals surface area contributed by atoms with Gasteiger partial charge in [0.1, 0.15) is 11.2 Å². The number of anilines is 3. The number of furan rings is 1. The number of nitrogens with zero attached hydrogens (tertiary/aromatic N) is 1. The first-order valence-corrected chi connectivity index (χ1v) is 19.0. The van der Waals surface area contributed by atoms with Gasteiger partial charge in [-0.05, 0) is 134 Å².